The van der Waals surface area contributed by atoms with Crippen LogP contribution >= 0.6 is 0 Å². The normalized spacial score (nSPS) is 21.7. The zero-order valence-electron chi connectivity index (χ0n) is 27.9. The molecule has 4 aliphatic heterocycles. The number of hydrogen-bond donors (Lipinski definition) is 2. The lowest BCUT2D eigenvalue weighted by molar-refractivity contribution is -0.148. The molecule has 0 bridgehead atoms. The summed E-state index contributed by atoms with van der Waals surface area (Å²) in [5, 5.41) is 13.1. The Balaban J connectivity index is 1.08. The second-order valence-corrected chi connectivity index (χ2v) is 13.4. The van der Waals surface area contributed by atoms with E-state index in [2.05, 4.69) is 10.2 Å². The summed E-state index contributed by atoms with van der Waals surface area (Å²) >= 11 is 0. The summed E-state index contributed by atoms with van der Waals surface area (Å²) in [4.78, 5) is 60.4. The van der Waals surface area contributed by atoms with E-state index in [1.807, 2.05) is 35.2 Å². The van der Waals surface area contributed by atoms with Crippen molar-refractivity contribution in [2.24, 2.45) is 0 Å². The van der Waals surface area contributed by atoms with E-state index in [-0.39, 0.29) is 48.2 Å². The van der Waals surface area contributed by atoms with Gasteiger partial charge in [0.15, 0.2) is 6.10 Å². The van der Waals surface area contributed by atoms with Gasteiger partial charge in [-0.15, -0.1) is 0 Å². The smallest absolute Gasteiger partial charge is 0.410 e. The van der Waals surface area contributed by atoms with Crippen LogP contribution in [0.15, 0.2) is 42.5 Å². The fourth-order valence-corrected chi connectivity index (χ4v) is 7.77. The molecule has 6 rings (SSSR count). The molecule has 0 saturated carbocycles. The van der Waals surface area contributed by atoms with E-state index in [1.165, 1.54) is 7.11 Å². The molecule has 2 atom stereocenters. The number of aryl methyl sites for hydroxylation is 1. The van der Waals surface area contributed by atoms with Crippen molar-refractivity contribution in [3.63, 3.8) is 0 Å². The number of piperidine rings is 2. The monoisotopic (exact) mass is 661 g/mol. The zero-order chi connectivity index (χ0) is 33.8. The van der Waals surface area contributed by atoms with Crippen LogP contribution in [0.3, 0.4) is 0 Å². The SMILES string of the molecule is COC(=O)C1CCCN1C1CCN(C(=O)[C@@H](Cc2ccc(O)c(C)c2)OC(=O)N2CCC(N3CCc4ccccc4NC3=O)CC2)CC1. The van der Waals surface area contributed by atoms with Gasteiger partial charge in [0.25, 0.3) is 5.91 Å². The predicted octanol–water partition coefficient (Wildman–Crippen LogP) is 3.93. The van der Waals surface area contributed by atoms with E-state index < -0.39 is 12.2 Å². The van der Waals surface area contributed by atoms with Crippen LogP contribution in [0.25, 0.3) is 0 Å². The Morgan fingerprint density at radius 2 is 1.62 bits per heavy atom. The average molecular weight is 662 g/mol. The van der Waals surface area contributed by atoms with Crippen LogP contribution in [0.2, 0.25) is 0 Å². The number of phenolic OH excluding ortho intramolecular Hbond substituents is 1. The van der Waals surface area contributed by atoms with Crippen molar-refractivity contribution in [2.45, 2.75) is 82.5 Å². The lowest BCUT2D eigenvalue weighted by Crippen LogP contribution is -2.53. The molecule has 2 N–H and O–H groups in total. The standard InChI is InChI=1S/C36H47N5O7/c1-24-22-25(9-10-31(24)42)23-32(33(43)38-17-12-27(13-18-38)40-16-5-8-30(40)34(44)47-2)48-36(46)39-19-14-28(15-20-39)41-21-11-26-6-3-4-7-29(26)37-35(41)45/h3-4,6-7,9-10,22,27-28,30,32,42H,5,8,11-21,23H2,1-2H3,(H,37,45)/t30?,32-/m1/s1. The number of likely N-dealkylation sites (tertiary alicyclic amines) is 3. The average Bonchev–Trinajstić information content (AvgIpc) is 3.53. The number of nitrogens with one attached hydrogen (secondary N) is 1. The maximum Gasteiger partial charge on any atom is 0.410 e. The second kappa shape index (κ2) is 14.8. The van der Waals surface area contributed by atoms with Crippen molar-refractivity contribution in [3.05, 3.63) is 59.2 Å². The van der Waals surface area contributed by atoms with Crippen molar-refractivity contribution in [3.8, 4) is 5.75 Å². The number of amides is 4. The quantitative estimate of drug-likeness (QED) is 0.427. The first-order chi connectivity index (χ1) is 23.2. The van der Waals surface area contributed by atoms with E-state index in [0.29, 0.717) is 51.1 Å². The minimum absolute atomic E-state index is 0.00329. The summed E-state index contributed by atoms with van der Waals surface area (Å²) in [6, 6.07) is 12.8. The minimum Gasteiger partial charge on any atom is -0.508 e. The van der Waals surface area contributed by atoms with Gasteiger partial charge in [-0.05, 0) is 87.2 Å². The molecule has 2 aromatic carbocycles. The van der Waals surface area contributed by atoms with Crippen LogP contribution in [0.5, 0.6) is 5.75 Å². The molecule has 4 aliphatic rings. The number of hydrogen-bond acceptors (Lipinski definition) is 8. The van der Waals surface area contributed by atoms with Crippen LogP contribution in [-0.2, 0) is 31.9 Å². The van der Waals surface area contributed by atoms with Gasteiger partial charge in [0.1, 0.15) is 11.8 Å². The molecule has 3 saturated heterocycles. The van der Waals surface area contributed by atoms with Gasteiger partial charge in [0, 0.05) is 56.9 Å². The summed E-state index contributed by atoms with van der Waals surface area (Å²) in [5.74, 6) is -0.279. The molecule has 0 radical (unpaired) electrons. The lowest BCUT2D eigenvalue weighted by atomic mass is 9.99. The highest BCUT2D eigenvalue weighted by molar-refractivity contribution is 5.91. The molecule has 3 fully saturated rings. The van der Waals surface area contributed by atoms with E-state index in [4.69, 9.17) is 9.47 Å². The zero-order valence-corrected chi connectivity index (χ0v) is 27.9. The van der Waals surface area contributed by atoms with Crippen molar-refractivity contribution in [1.82, 2.24) is 19.6 Å². The van der Waals surface area contributed by atoms with Crippen LogP contribution in [0.1, 0.15) is 55.2 Å². The third kappa shape index (κ3) is 7.38. The number of methoxy groups -OCH3 is 1. The molecule has 0 aliphatic carbocycles. The first-order valence-electron chi connectivity index (χ1n) is 17.2. The number of ether oxygens (including phenoxy) is 2. The molecule has 0 spiro atoms. The molecule has 2 aromatic rings. The van der Waals surface area contributed by atoms with Gasteiger partial charge in [-0.2, -0.15) is 0 Å². The van der Waals surface area contributed by atoms with Gasteiger partial charge >= 0.3 is 18.1 Å². The number of aromatic hydroxyl groups is 1. The number of anilines is 1. The maximum atomic E-state index is 14.0. The summed E-state index contributed by atoms with van der Waals surface area (Å²) in [7, 11) is 1.42. The first-order valence-corrected chi connectivity index (χ1v) is 17.2. The summed E-state index contributed by atoms with van der Waals surface area (Å²) < 4.78 is 11.0. The number of carbonyl (C=O) groups is 4. The Morgan fingerprint density at radius 3 is 2.35 bits per heavy atom. The highest BCUT2D eigenvalue weighted by atomic mass is 16.6. The van der Waals surface area contributed by atoms with Crippen LogP contribution in [0.4, 0.5) is 15.3 Å². The number of rotatable bonds is 7. The van der Waals surface area contributed by atoms with Gasteiger partial charge in [0.05, 0.1) is 7.11 Å². The van der Waals surface area contributed by atoms with Crippen molar-refractivity contribution in [2.75, 3.05) is 51.7 Å². The molecule has 48 heavy (non-hydrogen) atoms. The van der Waals surface area contributed by atoms with Gasteiger partial charge < -0.3 is 34.6 Å². The van der Waals surface area contributed by atoms with Gasteiger partial charge in [-0.3, -0.25) is 14.5 Å². The molecule has 258 valence electrons. The number of nitrogens with zero attached hydrogens (tertiary/aromatic N) is 4. The van der Waals surface area contributed by atoms with Crippen LogP contribution in [0, 0.1) is 6.92 Å². The second-order valence-electron chi connectivity index (χ2n) is 13.4. The number of fused-ring (bicyclic) bond motifs is 1. The number of benzene rings is 2. The first kappa shape index (κ1) is 33.6. The molecule has 1 unspecified atom stereocenters. The van der Waals surface area contributed by atoms with E-state index in [0.717, 1.165) is 55.5 Å². The van der Waals surface area contributed by atoms with Crippen LogP contribution < -0.4 is 5.32 Å². The largest absolute Gasteiger partial charge is 0.508 e. The van der Waals surface area contributed by atoms with Gasteiger partial charge in [-0.1, -0.05) is 30.3 Å². The molecule has 12 heteroatoms. The Labute approximate surface area is 281 Å². The third-order valence-corrected chi connectivity index (χ3v) is 10.5. The van der Waals surface area contributed by atoms with Gasteiger partial charge in [-0.25, -0.2) is 9.59 Å². The number of phenols is 1. The molecule has 0 aromatic heterocycles. The Bertz CT molecular complexity index is 1500. The Kier molecular flexibility index (Phi) is 10.4. The summed E-state index contributed by atoms with van der Waals surface area (Å²) in [6.45, 7) is 5.08. The molecule has 4 heterocycles. The number of esters is 1. The molecule has 12 nitrogen and oxygen atoms in total. The van der Waals surface area contributed by atoms with E-state index in [1.54, 1.807) is 28.9 Å². The summed E-state index contributed by atoms with van der Waals surface area (Å²) in [5.41, 5.74) is 3.42. The number of urea groups is 1. The molecule has 4 amide bonds. The third-order valence-electron chi connectivity index (χ3n) is 10.5. The lowest BCUT2D eigenvalue weighted by Gasteiger charge is -2.40. The Hall–Kier alpha value is -4.32. The molecular weight excluding hydrogens is 614 g/mol. The van der Waals surface area contributed by atoms with E-state index >= 15 is 0 Å². The van der Waals surface area contributed by atoms with Crippen molar-refractivity contribution >= 4 is 29.7 Å². The predicted molar refractivity (Wildman–Crippen MR) is 179 cm³/mol. The highest BCUT2D eigenvalue weighted by Gasteiger charge is 2.40. The Morgan fingerprint density at radius 1 is 0.917 bits per heavy atom. The van der Waals surface area contributed by atoms with Gasteiger partial charge in [0.2, 0.25) is 0 Å². The topological polar surface area (TPSA) is 132 Å². The van der Waals surface area contributed by atoms with Crippen molar-refractivity contribution < 1.29 is 33.8 Å². The highest BCUT2D eigenvalue weighted by Crippen LogP contribution is 2.29. The minimum atomic E-state index is -1.03. The van der Waals surface area contributed by atoms with Crippen molar-refractivity contribution in [1.29, 1.82) is 0 Å². The fraction of sp³-hybridized carbons (Fsp3) is 0.556. The number of para-hydroxylation sites is 1. The van der Waals surface area contributed by atoms with Crippen LogP contribution in [-0.4, -0.2) is 119 Å². The maximum absolute atomic E-state index is 14.0. The summed E-state index contributed by atoms with van der Waals surface area (Å²) in [6.07, 6.45) is 3.79. The van der Waals surface area contributed by atoms with E-state index in [9.17, 15) is 24.3 Å². The number of carbonyl (C=O) groups excluding carboxylic acids is 4. The molecular formula is C36H47N5O7. The fourth-order valence-electron chi connectivity index (χ4n) is 7.77.